The van der Waals surface area contributed by atoms with Crippen LogP contribution in [-0.4, -0.2) is 32.9 Å². The molecule has 0 saturated carbocycles. The third kappa shape index (κ3) is 1.86. The number of hydrogen-bond donors (Lipinski definition) is 2. The highest BCUT2D eigenvalue weighted by atomic mass is 16.5. The minimum atomic E-state index is 0.588. The molecule has 0 aliphatic carbocycles. The molecule has 0 radical (unpaired) electrons. The van der Waals surface area contributed by atoms with Crippen molar-refractivity contribution in [1.82, 2.24) is 4.98 Å². The molecule has 0 aliphatic heterocycles. The van der Waals surface area contributed by atoms with Gasteiger partial charge in [-0.25, -0.2) is 0 Å². The maximum atomic E-state index is 5.62. The van der Waals surface area contributed by atoms with Gasteiger partial charge >= 0.3 is 0 Å². The van der Waals surface area contributed by atoms with Gasteiger partial charge in [0.05, 0.1) is 26.8 Å². The second kappa shape index (κ2) is 5.18. The van der Waals surface area contributed by atoms with Gasteiger partial charge in [-0.2, -0.15) is 0 Å². The molecule has 0 spiro atoms. The molecule has 0 bridgehead atoms. The van der Waals surface area contributed by atoms with E-state index in [4.69, 9.17) is 19.9 Å². The van der Waals surface area contributed by atoms with Gasteiger partial charge in [0.15, 0.2) is 11.5 Å². The molecule has 2 aromatic rings. The van der Waals surface area contributed by atoms with E-state index in [1.165, 1.54) is 0 Å². The molecule has 0 amide bonds. The third-order valence-corrected chi connectivity index (χ3v) is 2.97. The molecule has 1 heterocycles. The summed E-state index contributed by atoms with van der Waals surface area (Å²) in [6.07, 6.45) is 2.73. The number of benzene rings is 1. The summed E-state index contributed by atoms with van der Waals surface area (Å²) in [5.41, 5.74) is 7.69. The van der Waals surface area contributed by atoms with Crippen molar-refractivity contribution in [1.29, 1.82) is 0 Å². The minimum Gasteiger partial charge on any atom is -0.493 e. The fourth-order valence-electron chi connectivity index (χ4n) is 2.18. The van der Waals surface area contributed by atoms with Crippen LogP contribution in [0.15, 0.2) is 12.3 Å². The number of fused-ring (bicyclic) bond motifs is 1. The Morgan fingerprint density at radius 3 is 2.39 bits per heavy atom. The second-order valence-corrected chi connectivity index (χ2v) is 3.92. The number of rotatable bonds is 5. The van der Waals surface area contributed by atoms with E-state index in [9.17, 15) is 0 Å². The van der Waals surface area contributed by atoms with E-state index in [1.807, 2.05) is 12.3 Å². The van der Waals surface area contributed by atoms with E-state index in [1.54, 1.807) is 21.3 Å². The summed E-state index contributed by atoms with van der Waals surface area (Å²) in [6, 6.07) is 1.90. The SMILES string of the molecule is COc1cc2[nH]cc(CCN)c2c(OC)c1OC. The van der Waals surface area contributed by atoms with Crippen LogP contribution in [-0.2, 0) is 6.42 Å². The van der Waals surface area contributed by atoms with Gasteiger partial charge in [0.25, 0.3) is 0 Å². The van der Waals surface area contributed by atoms with Gasteiger partial charge in [-0.3, -0.25) is 0 Å². The summed E-state index contributed by atoms with van der Waals surface area (Å²) in [5.74, 6) is 1.92. The van der Waals surface area contributed by atoms with Gasteiger partial charge in [0.1, 0.15) is 0 Å². The molecule has 0 saturated heterocycles. The van der Waals surface area contributed by atoms with Crippen molar-refractivity contribution in [3.8, 4) is 17.2 Å². The molecule has 0 aliphatic rings. The van der Waals surface area contributed by atoms with Crippen LogP contribution in [0.1, 0.15) is 5.56 Å². The van der Waals surface area contributed by atoms with Gasteiger partial charge in [-0.05, 0) is 18.5 Å². The topological polar surface area (TPSA) is 69.5 Å². The van der Waals surface area contributed by atoms with Crippen molar-refractivity contribution >= 4 is 10.9 Å². The van der Waals surface area contributed by atoms with Crippen LogP contribution in [0, 0.1) is 0 Å². The Bertz CT molecular complexity index is 549. The zero-order valence-corrected chi connectivity index (χ0v) is 10.9. The van der Waals surface area contributed by atoms with Gasteiger partial charge in [0, 0.05) is 17.6 Å². The Hall–Kier alpha value is -1.88. The van der Waals surface area contributed by atoms with Gasteiger partial charge in [-0.15, -0.1) is 0 Å². The molecule has 2 rings (SSSR count). The lowest BCUT2D eigenvalue weighted by Gasteiger charge is -2.13. The predicted octanol–water partition coefficient (Wildman–Crippen LogP) is 1.69. The van der Waals surface area contributed by atoms with Crippen LogP contribution in [0.3, 0.4) is 0 Å². The van der Waals surface area contributed by atoms with Gasteiger partial charge in [-0.1, -0.05) is 0 Å². The Morgan fingerprint density at radius 2 is 1.83 bits per heavy atom. The molecule has 18 heavy (non-hydrogen) atoms. The average molecular weight is 250 g/mol. The number of nitrogens with two attached hydrogens (primary N) is 1. The maximum absolute atomic E-state index is 5.62. The van der Waals surface area contributed by atoms with Gasteiger partial charge in [0.2, 0.25) is 5.75 Å². The maximum Gasteiger partial charge on any atom is 0.204 e. The summed E-state index contributed by atoms with van der Waals surface area (Å²) < 4.78 is 16.2. The van der Waals surface area contributed by atoms with Crippen LogP contribution in [0.5, 0.6) is 17.2 Å². The number of methoxy groups -OCH3 is 3. The van der Waals surface area contributed by atoms with Crippen molar-refractivity contribution < 1.29 is 14.2 Å². The standard InChI is InChI=1S/C13H18N2O3/c1-16-10-6-9-11(8(4-5-14)7-15-9)13(18-3)12(10)17-2/h6-7,15H,4-5,14H2,1-3H3. The fraction of sp³-hybridized carbons (Fsp3) is 0.385. The molecule has 98 valence electrons. The monoisotopic (exact) mass is 250 g/mol. The lowest BCUT2D eigenvalue weighted by atomic mass is 10.1. The van der Waals surface area contributed by atoms with Crippen LogP contribution in [0.4, 0.5) is 0 Å². The van der Waals surface area contributed by atoms with Gasteiger partial charge < -0.3 is 24.9 Å². The second-order valence-electron chi connectivity index (χ2n) is 3.92. The summed E-state index contributed by atoms with van der Waals surface area (Å²) in [7, 11) is 4.82. The van der Waals surface area contributed by atoms with Crippen LogP contribution < -0.4 is 19.9 Å². The number of ether oxygens (including phenoxy) is 3. The Kier molecular flexibility index (Phi) is 3.62. The molecular formula is C13H18N2O3. The summed E-state index contributed by atoms with van der Waals surface area (Å²) >= 11 is 0. The lowest BCUT2D eigenvalue weighted by molar-refractivity contribution is 0.327. The molecule has 1 aromatic heterocycles. The highest BCUT2D eigenvalue weighted by molar-refractivity contribution is 5.94. The molecule has 5 heteroatoms. The van der Waals surface area contributed by atoms with Crippen molar-refractivity contribution in [2.75, 3.05) is 27.9 Å². The largest absolute Gasteiger partial charge is 0.493 e. The van der Waals surface area contributed by atoms with E-state index < -0.39 is 0 Å². The zero-order valence-electron chi connectivity index (χ0n) is 10.9. The van der Waals surface area contributed by atoms with Crippen LogP contribution in [0.25, 0.3) is 10.9 Å². The Labute approximate surface area is 106 Å². The predicted molar refractivity (Wildman–Crippen MR) is 70.7 cm³/mol. The van der Waals surface area contributed by atoms with Crippen molar-refractivity contribution in [2.45, 2.75) is 6.42 Å². The van der Waals surface area contributed by atoms with Crippen molar-refractivity contribution in [2.24, 2.45) is 5.73 Å². The van der Waals surface area contributed by atoms with E-state index in [0.717, 1.165) is 22.9 Å². The molecule has 3 N–H and O–H groups in total. The minimum absolute atomic E-state index is 0.588. The smallest absolute Gasteiger partial charge is 0.204 e. The highest BCUT2D eigenvalue weighted by Crippen LogP contribution is 2.44. The highest BCUT2D eigenvalue weighted by Gasteiger charge is 2.19. The third-order valence-electron chi connectivity index (χ3n) is 2.97. The van der Waals surface area contributed by atoms with E-state index in [2.05, 4.69) is 4.98 Å². The fourth-order valence-corrected chi connectivity index (χ4v) is 2.18. The van der Waals surface area contributed by atoms with E-state index in [0.29, 0.717) is 23.8 Å². The molecule has 0 atom stereocenters. The summed E-state index contributed by atoms with van der Waals surface area (Å²) in [4.78, 5) is 3.20. The van der Waals surface area contributed by atoms with Crippen molar-refractivity contribution in [3.63, 3.8) is 0 Å². The number of hydrogen-bond acceptors (Lipinski definition) is 4. The van der Waals surface area contributed by atoms with E-state index >= 15 is 0 Å². The first kappa shape index (κ1) is 12.6. The first-order chi connectivity index (χ1) is 8.76. The summed E-state index contributed by atoms with van der Waals surface area (Å²) in [5, 5.41) is 1.00. The number of aromatic nitrogens is 1. The Morgan fingerprint density at radius 1 is 1.11 bits per heavy atom. The molecule has 0 fully saturated rings. The van der Waals surface area contributed by atoms with Crippen molar-refractivity contribution in [3.05, 3.63) is 17.8 Å². The number of H-pyrrole nitrogens is 1. The normalized spacial score (nSPS) is 10.7. The van der Waals surface area contributed by atoms with E-state index in [-0.39, 0.29) is 0 Å². The lowest BCUT2D eigenvalue weighted by Crippen LogP contribution is -2.02. The molecular weight excluding hydrogens is 232 g/mol. The first-order valence-electron chi connectivity index (χ1n) is 5.75. The Balaban J connectivity index is 2.74. The first-order valence-corrected chi connectivity index (χ1v) is 5.75. The van der Waals surface area contributed by atoms with Crippen LogP contribution in [0.2, 0.25) is 0 Å². The summed E-state index contributed by atoms with van der Waals surface area (Å²) in [6.45, 7) is 0.588. The molecule has 5 nitrogen and oxygen atoms in total. The number of nitrogens with one attached hydrogen (secondary N) is 1. The quantitative estimate of drug-likeness (QED) is 0.847. The number of aromatic amines is 1. The zero-order chi connectivity index (χ0) is 13.1. The van der Waals surface area contributed by atoms with Crippen LogP contribution >= 0.6 is 0 Å². The molecule has 0 unspecified atom stereocenters. The molecule has 1 aromatic carbocycles. The average Bonchev–Trinajstić information content (AvgIpc) is 2.79.